The van der Waals surface area contributed by atoms with Crippen LogP contribution in [-0.2, 0) is 0 Å². The molecule has 32 valence electrons. The molecule has 0 aliphatic carbocycles. The Morgan fingerprint density at radius 1 is 1.40 bits per heavy atom. The molecule has 0 aliphatic heterocycles. The van der Waals surface area contributed by atoms with Crippen molar-refractivity contribution in [2.45, 2.75) is 5.76 Å². The van der Waals surface area contributed by atoms with Crippen LogP contribution in [0.4, 0.5) is 12.7 Å². The smallest absolute Gasteiger partial charge is 0.195 e. The Hall–Kier alpha value is 0.140. The Bertz CT molecular complexity index is 20.9. The predicted molar refractivity (Wildman–Crippen MR) is 14.7 cm³/mol. The standard InChI is InChI=1S/CHF3S/c2-1(3)5-4/h1H. The molecule has 0 atom stereocenters. The van der Waals surface area contributed by atoms with E-state index in [9.17, 15) is 12.7 Å². The van der Waals surface area contributed by atoms with Crippen molar-refractivity contribution >= 4 is 12.1 Å². The van der Waals surface area contributed by atoms with Crippen LogP contribution in [0.2, 0.25) is 0 Å². The zero-order valence-corrected chi connectivity index (χ0v) is 2.94. The van der Waals surface area contributed by atoms with Crippen LogP contribution in [0.5, 0.6) is 0 Å². The van der Waals surface area contributed by atoms with Gasteiger partial charge in [-0.1, -0.05) is 0 Å². The molecule has 0 amide bonds. The summed E-state index contributed by atoms with van der Waals surface area (Å²) in [7, 11) is 0. The molecule has 0 heterocycles. The summed E-state index contributed by atoms with van der Waals surface area (Å²) in [6, 6.07) is 0. The quantitative estimate of drug-likeness (QED) is 0.486. The summed E-state index contributed by atoms with van der Waals surface area (Å²) in [5.41, 5.74) is 0. The number of alkyl halides is 2. The SMILES string of the molecule is FSC(F)F. The number of hydrogen-bond acceptors (Lipinski definition) is 1. The van der Waals surface area contributed by atoms with Crippen LogP contribution in [0.25, 0.3) is 0 Å². The van der Waals surface area contributed by atoms with Gasteiger partial charge in [0.2, 0.25) is 0 Å². The number of hydrogen-bond donors (Lipinski definition) is 0. The second-order valence-electron chi connectivity index (χ2n) is 0.350. The molecule has 0 aromatic rings. The van der Waals surface area contributed by atoms with Crippen molar-refractivity contribution in [1.29, 1.82) is 0 Å². The van der Waals surface area contributed by atoms with Gasteiger partial charge in [-0.2, -0.15) is 12.7 Å². The lowest BCUT2D eigenvalue weighted by Crippen LogP contribution is -1.69. The van der Waals surface area contributed by atoms with Crippen molar-refractivity contribution in [3.8, 4) is 0 Å². The van der Waals surface area contributed by atoms with Crippen LogP contribution in [0, 0.1) is 0 Å². The van der Waals surface area contributed by atoms with Gasteiger partial charge in [0.15, 0.2) is 0 Å². The Balaban J connectivity index is 2.54. The van der Waals surface area contributed by atoms with E-state index in [0.717, 1.165) is 0 Å². The number of halogens is 3. The van der Waals surface area contributed by atoms with Crippen molar-refractivity contribution < 1.29 is 12.7 Å². The van der Waals surface area contributed by atoms with Crippen LogP contribution >= 0.6 is 12.1 Å². The first kappa shape index (κ1) is 5.14. The minimum Gasteiger partial charge on any atom is -0.195 e. The molecule has 0 radical (unpaired) electrons. The molecule has 5 heavy (non-hydrogen) atoms. The van der Waals surface area contributed by atoms with Gasteiger partial charge in [-0.15, -0.1) is 0 Å². The molecular formula is CHF3S. The van der Waals surface area contributed by atoms with Crippen molar-refractivity contribution in [2.24, 2.45) is 0 Å². The zero-order valence-electron chi connectivity index (χ0n) is 2.12. The Morgan fingerprint density at radius 3 is 1.60 bits per heavy atom. The maximum absolute atomic E-state index is 10.4. The summed E-state index contributed by atoms with van der Waals surface area (Å²) >= 11 is -0.954. The van der Waals surface area contributed by atoms with Crippen LogP contribution in [0.15, 0.2) is 0 Å². The highest BCUT2D eigenvalue weighted by atomic mass is 32.2. The summed E-state index contributed by atoms with van der Waals surface area (Å²) in [6.07, 6.45) is 0. The third-order valence-electron chi connectivity index (χ3n) is 0.0673. The minimum absolute atomic E-state index is 0.954. The van der Waals surface area contributed by atoms with Gasteiger partial charge in [-0.05, 0) is 0 Å². The van der Waals surface area contributed by atoms with E-state index in [1.54, 1.807) is 0 Å². The van der Waals surface area contributed by atoms with Gasteiger partial charge in [0, 0.05) is 0 Å². The van der Waals surface area contributed by atoms with Gasteiger partial charge < -0.3 is 0 Å². The van der Waals surface area contributed by atoms with Gasteiger partial charge in [0.25, 0.3) is 0 Å². The van der Waals surface area contributed by atoms with E-state index in [4.69, 9.17) is 0 Å². The lowest BCUT2D eigenvalue weighted by molar-refractivity contribution is 0.248. The third-order valence-corrected chi connectivity index (χ3v) is 0.202. The first-order valence-electron chi connectivity index (χ1n) is 0.826. The molecule has 0 aromatic carbocycles. The van der Waals surface area contributed by atoms with Crippen molar-refractivity contribution in [1.82, 2.24) is 0 Å². The van der Waals surface area contributed by atoms with E-state index in [0.29, 0.717) is 0 Å². The molecule has 4 heteroatoms. The summed E-state index contributed by atoms with van der Waals surface area (Å²) in [6.45, 7) is 0. The van der Waals surface area contributed by atoms with Gasteiger partial charge in [0.1, 0.15) is 12.1 Å². The van der Waals surface area contributed by atoms with Crippen molar-refractivity contribution in [3.63, 3.8) is 0 Å². The van der Waals surface area contributed by atoms with Crippen LogP contribution in [0.1, 0.15) is 0 Å². The zero-order chi connectivity index (χ0) is 4.28. The molecule has 0 unspecified atom stereocenters. The highest BCUT2D eigenvalue weighted by Gasteiger charge is 1.97. The lowest BCUT2D eigenvalue weighted by atomic mass is 11.7. The Morgan fingerprint density at radius 2 is 1.60 bits per heavy atom. The summed E-state index contributed by atoms with van der Waals surface area (Å²) in [5.74, 6) is -2.87. The first-order chi connectivity index (χ1) is 2.27. The fraction of sp³-hybridized carbons (Fsp3) is 1.00. The fourth-order valence-corrected chi connectivity index (χ4v) is 0. The molecule has 0 saturated heterocycles. The number of rotatable bonds is 1. The predicted octanol–water partition coefficient (Wildman–Crippen LogP) is 1.83. The molecule has 0 N–H and O–H groups in total. The second-order valence-corrected chi connectivity index (χ2v) is 0.884. The highest BCUT2D eigenvalue weighted by Crippen LogP contribution is 2.12. The van der Waals surface area contributed by atoms with E-state index < -0.39 is 17.9 Å². The molecule has 0 aliphatic rings. The topological polar surface area (TPSA) is 0 Å². The highest BCUT2D eigenvalue weighted by molar-refractivity contribution is 7.94. The first-order valence-corrected chi connectivity index (χ1v) is 1.61. The third kappa shape index (κ3) is 4.14. The van der Waals surface area contributed by atoms with E-state index in [1.807, 2.05) is 0 Å². The molecule has 0 fully saturated rings. The van der Waals surface area contributed by atoms with E-state index >= 15 is 0 Å². The van der Waals surface area contributed by atoms with Crippen molar-refractivity contribution in [2.75, 3.05) is 0 Å². The second kappa shape index (κ2) is 2.38. The molecule has 0 nitrogen and oxygen atoms in total. The molecule has 0 aromatic heterocycles. The summed E-state index contributed by atoms with van der Waals surface area (Å²) < 4.78 is 31.0. The lowest BCUT2D eigenvalue weighted by Gasteiger charge is -1.76. The van der Waals surface area contributed by atoms with Gasteiger partial charge in [0.05, 0.1) is 0 Å². The van der Waals surface area contributed by atoms with Gasteiger partial charge in [-0.25, -0.2) is 0 Å². The largest absolute Gasteiger partial charge is 0.313 e. The fourth-order valence-electron chi connectivity index (χ4n) is 0. The van der Waals surface area contributed by atoms with Gasteiger partial charge >= 0.3 is 5.76 Å². The normalized spacial score (nSPS) is 9.60. The average Bonchev–Trinajstić information content (AvgIpc) is 1.38. The molecular weight excluding hydrogens is 101 g/mol. The molecule has 0 spiro atoms. The van der Waals surface area contributed by atoms with Crippen molar-refractivity contribution in [3.05, 3.63) is 0 Å². The molecule has 0 saturated carbocycles. The molecule has 0 bridgehead atoms. The Kier molecular flexibility index (Phi) is 2.45. The van der Waals surface area contributed by atoms with Crippen LogP contribution < -0.4 is 0 Å². The van der Waals surface area contributed by atoms with E-state index in [2.05, 4.69) is 0 Å². The minimum atomic E-state index is -2.87. The Labute approximate surface area is 31.7 Å². The van der Waals surface area contributed by atoms with Crippen LogP contribution in [-0.4, -0.2) is 5.76 Å². The average molecular weight is 102 g/mol. The maximum Gasteiger partial charge on any atom is 0.313 e. The monoisotopic (exact) mass is 102 g/mol. The maximum atomic E-state index is 10.4. The summed E-state index contributed by atoms with van der Waals surface area (Å²) in [5, 5.41) is 0. The van der Waals surface area contributed by atoms with E-state index in [1.165, 1.54) is 0 Å². The molecule has 0 rings (SSSR count). The van der Waals surface area contributed by atoms with Crippen LogP contribution in [0.3, 0.4) is 0 Å². The van der Waals surface area contributed by atoms with Gasteiger partial charge in [-0.3, -0.25) is 0 Å². The van der Waals surface area contributed by atoms with E-state index in [-0.39, 0.29) is 0 Å². The summed E-state index contributed by atoms with van der Waals surface area (Å²) in [4.78, 5) is 0.